The number of carbonyl (C=O) groups excluding carboxylic acids is 1. The second-order valence-electron chi connectivity index (χ2n) is 4.54. The van der Waals surface area contributed by atoms with Gasteiger partial charge in [0, 0.05) is 38.4 Å². The number of nitrogens with one attached hydrogen (secondary N) is 1. The molecule has 0 aliphatic rings. The third-order valence-corrected chi connectivity index (χ3v) is 2.81. The predicted molar refractivity (Wildman–Crippen MR) is 70.7 cm³/mol. The van der Waals surface area contributed by atoms with Crippen LogP contribution in [0.5, 0.6) is 0 Å². The molecule has 0 saturated heterocycles. The van der Waals surface area contributed by atoms with Crippen LogP contribution in [0.25, 0.3) is 0 Å². The smallest absolute Gasteiger partial charge is 0.382 e. The lowest BCUT2D eigenvalue weighted by atomic mass is 10.3. The highest BCUT2D eigenvalue weighted by Gasteiger charge is 2.34. The van der Waals surface area contributed by atoms with Crippen LogP contribution < -0.4 is 5.32 Å². The summed E-state index contributed by atoms with van der Waals surface area (Å²) in [5.74, 6) is -0.213. The highest BCUT2D eigenvalue weighted by atomic mass is 19.4. The molecule has 0 atom stereocenters. The van der Waals surface area contributed by atoms with Gasteiger partial charge in [-0.05, 0) is 26.3 Å². The van der Waals surface area contributed by atoms with Crippen molar-refractivity contribution in [1.82, 2.24) is 15.1 Å². The topological polar surface area (TPSA) is 56.1 Å². The van der Waals surface area contributed by atoms with Crippen molar-refractivity contribution < 1.29 is 22.7 Å². The summed E-state index contributed by atoms with van der Waals surface area (Å²) in [6.07, 6.45) is -3.66. The first-order chi connectivity index (χ1) is 9.84. The molecule has 1 aromatic heterocycles. The number of ether oxygens (including phenoxy) is 1. The fourth-order valence-electron chi connectivity index (χ4n) is 1.72. The van der Waals surface area contributed by atoms with Crippen molar-refractivity contribution >= 4 is 5.91 Å². The first-order valence-electron chi connectivity index (χ1n) is 6.80. The second-order valence-corrected chi connectivity index (χ2v) is 4.54. The maximum atomic E-state index is 12.5. The molecule has 0 fully saturated rings. The number of nitrogens with zero attached hydrogens (tertiary/aromatic N) is 2. The minimum atomic E-state index is -4.46. The lowest BCUT2D eigenvalue weighted by Gasteiger charge is -2.07. The van der Waals surface area contributed by atoms with Crippen LogP contribution in [-0.2, 0) is 22.3 Å². The zero-order valence-corrected chi connectivity index (χ0v) is 12.2. The molecule has 1 rings (SSSR count). The molecule has 0 saturated carbocycles. The Morgan fingerprint density at radius 2 is 2.19 bits per heavy atom. The van der Waals surface area contributed by atoms with E-state index in [4.69, 9.17) is 4.74 Å². The molecule has 1 amide bonds. The summed E-state index contributed by atoms with van der Waals surface area (Å²) < 4.78 is 43.8. The number of alkyl halides is 3. The van der Waals surface area contributed by atoms with E-state index in [1.165, 1.54) is 11.6 Å². The summed E-state index contributed by atoms with van der Waals surface area (Å²) in [5, 5.41) is 6.15. The van der Waals surface area contributed by atoms with Crippen LogP contribution in [0.2, 0.25) is 0 Å². The van der Waals surface area contributed by atoms with Gasteiger partial charge in [-0.25, -0.2) is 0 Å². The minimum Gasteiger partial charge on any atom is -0.382 e. The molecule has 0 spiro atoms. The number of carbonyl (C=O) groups is 1. The van der Waals surface area contributed by atoms with E-state index >= 15 is 0 Å². The van der Waals surface area contributed by atoms with Crippen molar-refractivity contribution in [2.45, 2.75) is 39.4 Å². The monoisotopic (exact) mass is 307 g/mol. The van der Waals surface area contributed by atoms with E-state index in [9.17, 15) is 18.0 Å². The van der Waals surface area contributed by atoms with E-state index < -0.39 is 11.9 Å². The zero-order chi connectivity index (χ0) is 15.9. The summed E-state index contributed by atoms with van der Waals surface area (Å²) in [5.41, 5.74) is -0.552. The first-order valence-corrected chi connectivity index (χ1v) is 6.80. The van der Waals surface area contributed by atoms with E-state index in [1.807, 2.05) is 6.92 Å². The fraction of sp³-hybridized carbons (Fsp3) is 0.692. The maximum Gasteiger partial charge on any atom is 0.435 e. The molecule has 1 heterocycles. The molecule has 0 aromatic carbocycles. The van der Waals surface area contributed by atoms with Crippen molar-refractivity contribution in [3.05, 3.63) is 17.5 Å². The van der Waals surface area contributed by atoms with Crippen LogP contribution in [0.3, 0.4) is 0 Å². The Bertz CT molecular complexity index is 458. The molecule has 1 N–H and O–H groups in total. The number of hydrogen-bond donors (Lipinski definition) is 1. The van der Waals surface area contributed by atoms with Crippen molar-refractivity contribution in [3.63, 3.8) is 0 Å². The number of aryl methyl sites for hydroxylation is 2. The molecule has 1 aromatic rings. The Labute approximate surface area is 121 Å². The molecule has 0 radical (unpaired) electrons. The Balaban J connectivity index is 2.35. The second kappa shape index (κ2) is 8.02. The molecule has 8 heteroatoms. The summed E-state index contributed by atoms with van der Waals surface area (Å²) in [4.78, 5) is 11.5. The fourth-order valence-corrected chi connectivity index (χ4v) is 1.72. The Hall–Kier alpha value is -1.57. The lowest BCUT2D eigenvalue weighted by Crippen LogP contribution is -2.26. The molecule has 0 aliphatic carbocycles. The molecule has 0 bridgehead atoms. The number of hydrogen-bond acceptors (Lipinski definition) is 3. The lowest BCUT2D eigenvalue weighted by molar-refractivity contribution is -0.141. The molecule has 21 heavy (non-hydrogen) atoms. The van der Waals surface area contributed by atoms with Gasteiger partial charge >= 0.3 is 6.18 Å². The third kappa shape index (κ3) is 6.16. The molecule has 120 valence electrons. The van der Waals surface area contributed by atoms with Gasteiger partial charge in [-0.3, -0.25) is 9.48 Å². The largest absolute Gasteiger partial charge is 0.435 e. The van der Waals surface area contributed by atoms with Crippen molar-refractivity contribution in [3.8, 4) is 0 Å². The molecular weight excluding hydrogens is 287 g/mol. The van der Waals surface area contributed by atoms with E-state index in [0.717, 1.165) is 6.07 Å². The Morgan fingerprint density at radius 3 is 2.76 bits per heavy atom. The van der Waals surface area contributed by atoms with E-state index in [2.05, 4.69) is 10.4 Å². The quantitative estimate of drug-likeness (QED) is 0.749. The minimum absolute atomic E-state index is 0.0917. The Kier molecular flexibility index (Phi) is 6.67. The Morgan fingerprint density at radius 1 is 1.48 bits per heavy atom. The average Bonchev–Trinajstić information content (AvgIpc) is 2.77. The third-order valence-electron chi connectivity index (χ3n) is 2.81. The highest BCUT2D eigenvalue weighted by molar-refractivity contribution is 5.75. The van der Waals surface area contributed by atoms with Gasteiger partial charge in [0.15, 0.2) is 5.69 Å². The predicted octanol–water partition coefficient (Wildman–Crippen LogP) is 2.14. The molecule has 0 unspecified atom stereocenters. The summed E-state index contributed by atoms with van der Waals surface area (Å²) >= 11 is 0. The molecule has 5 nitrogen and oxygen atoms in total. The van der Waals surface area contributed by atoms with Crippen molar-refractivity contribution in [1.29, 1.82) is 0 Å². The van der Waals surface area contributed by atoms with Gasteiger partial charge in [0.1, 0.15) is 0 Å². The summed E-state index contributed by atoms with van der Waals surface area (Å²) in [7, 11) is 0. The standard InChI is InChI=1S/C13H20F3N3O2/c1-3-21-8-4-6-17-12(20)5-7-19-10(2)9-11(18-19)13(14,15)16/h9H,3-8H2,1-2H3,(H,17,20). The van der Waals surface area contributed by atoms with Gasteiger partial charge in [0.2, 0.25) is 5.91 Å². The van der Waals surface area contributed by atoms with Gasteiger partial charge in [-0.2, -0.15) is 18.3 Å². The average molecular weight is 307 g/mol. The van der Waals surface area contributed by atoms with Crippen molar-refractivity contribution in [2.75, 3.05) is 19.8 Å². The van der Waals surface area contributed by atoms with Crippen molar-refractivity contribution in [2.24, 2.45) is 0 Å². The van der Waals surface area contributed by atoms with Crippen LogP contribution in [0.15, 0.2) is 6.07 Å². The van der Waals surface area contributed by atoms with Gasteiger partial charge < -0.3 is 10.1 Å². The number of aromatic nitrogens is 2. The molecule has 0 aliphatic heterocycles. The first kappa shape index (κ1) is 17.5. The van der Waals surface area contributed by atoms with Gasteiger partial charge in [0.25, 0.3) is 0 Å². The summed E-state index contributed by atoms with van der Waals surface area (Å²) in [6.45, 7) is 5.24. The van der Waals surface area contributed by atoms with Crippen LogP contribution in [0.4, 0.5) is 13.2 Å². The zero-order valence-electron chi connectivity index (χ0n) is 12.2. The number of halogens is 3. The van der Waals surface area contributed by atoms with Crippen LogP contribution in [0.1, 0.15) is 31.2 Å². The van der Waals surface area contributed by atoms with E-state index in [-0.39, 0.29) is 18.9 Å². The maximum absolute atomic E-state index is 12.5. The van der Waals surface area contributed by atoms with Crippen LogP contribution in [0, 0.1) is 6.92 Å². The normalized spacial score (nSPS) is 11.7. The van der Waals surface area contributed by atoms with Crippen LogP contribution >= 0.6 is 0 Å². The number of amides is 1. The van der Waals surface area contributed by atoms with Gasteiger partial charge in [0.05, 0.1) is 0 Å². The summed E-state index contributed by atoms with van der Waals surface area (Å²) in [6, 6.07) is 0.972. The van der Waals surface area contributed by atoms with E-state index in [1.54, 1.807) is 0 Å². The number of rotatable bonds is 8. The van der Waals surface area contributed by atoms with Gasteiger partial charge in [-0.1, -0.05) is 0 Å². The molecular formula is C13H20F3N3O2. The SMILES string of the molecule is CCOCCCNC(=O)CCn1nc(C(F)(F)F)cc1C. The van der Waals surface area contributed by atoms with E-state index in [0.29, 0.717) is 31.9 Å². The highest BCUT2D eigenvalue weighted by Crippen LogP contribution is 2.28. The van der Waals surface area contributed by atoms with Gasteiger partial charge in [-0.15, -0.1) is 0 Å². The van der Waals surface area contributed by atoms with Crippen LogP contribution in [-0.4, -0.2) is 35.4 Å².